The van der Waals surface area contributed by atoms with E-state index < -0.39 is 0 Å². The summed E-state index contributed by atoms with van der Waals surface area (Å²) in [6.45, 7) is 6.63. The fraction of sp³-hybridized carbons (Fsp3) is 0.400. The molecule has 0 aliphatic carbocycles. The van der Waals surface area contributed by atoms with Crippen molar-refractivity contribution in [3.8, 4) is 0 Å². The number of aromatic nitrogens is 2. The molecule has 1 heterocycles. The Balaban J connectivity index is 2.30. The van der Waals surface area contributed by atoms with Gasteiger partial charge in [0.05, 0.1) is 12.2 Å². The lowest BCUT2D eigenvalue weighted by atomic mass is 9.86. The highest BCUT2D eigenvalue weighted by molar-refractivity contribution is 5.33. The van der Waals surface area contributed by atoms with Gasteiger partial charge in [0.1, 0.15) is 0 Å². The topological polar surface area (TPSA) is 55.9 Å². The van der Waals surface area contributed by atoms with Gasteiger partial charge in [-0.15, -0.1) is 0 Å². The van der Waals surface area contributed by atoms with Crippen LogP contribution in [0.3, 0.4) is 0 Å². The third-order valence-corrected chi connectivity index (χ3v) is 3.33. The van der Waals surface area contributed by atoms with Crippen LogP contribution in [-0.2, 0) is 12.5 Å². The van der Waals surface area contributed by atoms with E-state index in [4.69, 9.17) is 5.84 Å². The first-order chi connectivity index (χ1) is 8.91. The van der Waals surface area contributed by atoms with E-state index in [1.165, 1.54) is 5.56 Å². The number of hydrogen-bond donors (Lipinski definition) is 2. The monoisotopic (exact) mass is 258 g/mol. The largest absolute Gasteiger partial charge is 0.275 e. The van der Waals surface area contributed by atoms with Gasteiger partial charge in [-0.3, -0.25) is 10.5 Å². The lowest BCUT2D eigenvalue weighted by Gasteiger charge is -2.21. The van der Waals surface area contributed by atoms with Crippen LogP contribution in [0.1, 0.15) is 43.5 Å². The van der Waals surface area contributed by atoms with Crippen LogP contribution < -0.4 is 11.3 Å². The van der Waals surface area contributed by atoms with Crippen molar-refractivity contribution in [1.29, 1.82) is 0 Å². The van der Waals surface area contributed by atoms with Gasteiger partial charge in [-0.2, -0.15) is 5.10 Å². The SMILES string of the molecule is Cn1cc(C(NN)c2ccc(C(C)(C)C)cc2)cn1. The molecule has 1 aromatic carbocycles. The van der Waals surface area contributed by atoms with E-state index in [0.29, 0.717) is 0 Å². The molecule has 1 atom stereocenters. The molecule has 102 valence electrons. The van der Waals surface area contributed by atoms with E-state index in [-0.39, 0.29) is 11.5 Å². The quantitative estimate of drug-likeness (QED) is 0.656. The lowest BCUT2D eigenvalue weighted by Crippen LogP contribution is -2.28. The summed E-state index contributed by atoms with van der Waals surface area (Å²) in [4.78, 5) is 0. The van der Waals surface area contributed by atoms with Crippen molar-refractivity contribution < 1.29 is 0 Å². The van der Waals surface area contributed by atoms with Crippen molar-refractivity contribution in [2.24, 2.45) is 12.9 Å². The van der Waals surface area contributed by atoms with Crippen molar-refractivity contribution in [2.75, 3.05) is 0 Å². The Morgan fingerprint density at radius 3 is 2.21 bits per heavy atom. The minimum Gasteiger partial charge on any atom is -0.275 e. The molecular weight excluding hydrogens is 236 g/mol. The summed E-state index contributed by atoms with van der Waals surface area (Å²) in [5.41, 5.74) is 6.54. The molecule has 4 heteroatoms. The van der Waals surface area contributed by atoms with Crippen LogP contribution in [0.5, 0.6) is 0 Å². The zero-order valence-corrected chi connectivity index (χ0v) is 12.0. The van der Waals surface area contributed by atoms with Gasteiger partial charge in [0, 0.05) is 18.8 Å². The van der Waals surface area contributed by atoms with Gasteiger partial charge in [-0.25, -0.2) is 5.43 Å². The minimum atomic E-state index is -0.0253. The number of nitrogens with zero attached hydrogens (tertiary/aromatic N) is 2. The molecular formula is C15H22N4. The second-order valence-electron chi connectivity index (χ2n) is 5.92. The third-order valence-electron chi connectivity index (χ3n) is 3.33. The molecule has 1 unspecified atom stereocenters. The summed E-state index contributed by atoms with van der Waals surface area (Å²) in [5, 5.41) is 4.19. The van der Waals surface area contributed by atoms with Crippen molar-refractivity contribution in [1.82, 2.24) is 15.2 Å². The number of rotatable bonds is 3. The number of hydrogen-bond acceptors (Lipinski definition) is 3. The van der Waals surface area contributed by atoms with Gasteiger partial charge in [-0.1, -0.05) is 45.0 Å². The van der Waals surface area contributed by atoms with Crippen LogP contribution in [-0.4, -0.2) is 9.78 Å². The Morgan fingerprint density at radius 1 is 1.16 bits per heavy atom. The molecule has 0 amide bonds. The van der Waals surface area contributed by atoms with Crippen LogP contribution in [0.25, 0.3) is 0 Å². The highest BCUT2D eigenvalue weighted by Crippen LogP contribution is 2.26. The van der Waals surface area contributed by atoms with Crippen LogP contribution in [0.4, 0.5) is 0 Å². The molecule has 0 spiro atoms. The average molecular weight is 258 g/mol. The summed E-state index contributed by atoms with van der Waals surface area (Å²) in [5.74, 6) is 5.68. The molecule has 0 saturated heterocycles. The number of benzene rings is 1. The Kier molecular flexibility index (Phi) is 3.73. The molecule has 19 heavy (non-hydrogen) atoms. The Morgan fingerprint density at radius 2 is 1.79 bits per heavy atom. The molecule has 0 saturated carbocycles. The fourth-order valence-corrected chi connectivity index (χ4v) is 2.15. The molecule has 0 aliphatic heterocycles. The zero-order valence-electron chi connectivity index (χ0n) is 12.0. The first-order valence-electron chi connectivity index (χ1n) is 6.47. The highest BCUT2D eigenvalue weighted by atomic mass is 15.3. The third kappa shape index (κ3) is 3.03. The molecule has 0 bridgehead atoms. The molecule has 0 radical (unpaired) electrons. The summed E-state index contributed by atoms with van der Waals surface area (Å²) in [6, 6.07) is 8.55. The zero-order chi connectivity index (χ0) is 14.0. The van der Waals surface area contributed by atoms with Gasteiger partial charge in [0.2, 0.25) is 0 Å². The molecule has 0 fully saturated rings. The molecule has 0 aliphatic rings. The number of hydrazine groups is 1. The van der Waals surface area contributed by atoms with E-state index in [9.17, 15) is 0 Å². The second-order valence-corrected chi connectivity index (χ2v) is 5.92. The van der Waals surface area contributed by atoms with Gasteiger partial charge in [-0.05, 0) is 16.5 Å². The van der Waals surface area contributed by atoms with E-state index >= 15 is 0 Å². The fourth-order valence-electron chi connectivity index (χ4n) is 2.15. The summed E-state index contributed by atoms with van der Waals surface area (Å²) >= 11 is 0. The number of aryl methyl sites for hydroxylation is 1. The van der Waals surface area contributed by atoms with Crippen molar-refractivity contribution >= 4 is 0 Å². The molecule has 3 N–H and O–H groups in total. The normalized spacial score (nSPS) is 13.5. The second kappa shape index (κ2) is 5.15. The van der Waals surface area contributed by atoms with Gasteiger partial charge in [0.15, 0.2) is 0 Å². The van der Waals surface area contributed by atoms with Crippen molar-refractivity contribution in [3.63, 3.8) is 0 Å². The molecule has 4 nitrogen and oxygen atoms in total. The smallest absolute Gasteiger partial charge is 0.0740 e. The van der Waals surface area contributed by atoms with Gasteiger partial charge in [0.25, 0.3) is 0 Å². The van der Waals surface area contributed by atoms with E-state index in [1.54, 1.807) is 4.68 Å². The summed E-state index contributed by atoms with van der Waals surface area (Å²) < 4.78 is 1.78. The lowest BCUT2D eigenvalue weighted by molar-refractivity contribution is 0.588. The standard InChI is InChI=1S/C15H22N4/c1-15(2,3)13-7-5-11(6-8-13)14(18-16)12-9-17-19(4)10-12/h5-10,14,18H,16H2,1-4H3. The highest BCUT2D eigenvalue weighted by Gasteiger charge is 2.17. The summed E-state index contributed by atoms with van der Waals surface area (Å²) in [6.07, 6.45) is 3.81. The van der Waals surface area contributed by atoms with Crippen molar-refractivity contribution in [3.05, 3.63) is 53.3 Å². The molecule has 2 aromatic rings. The first kappa shape index (κ1) is 13.8. The predicted molar refractivity (Wildman–Crippen MR) is 77.5 cm³/mol. The minimum absolute atomic E-state index is 0.0253. The maximum atomic E-state index is 5.68. The van der Waals surface area contributed by atoms with Crippen LogP contribution in [0.2, 0.25) is 0 Å². The van der Waals surface area contributed by atoms with Crippen LogP contribution in [0.15, 0.2) is 36.7 Å². The van der Waals surface area contributed by atoms with Gasteiger partial charge < -0.3 is 0 Å². The van der Waals surface area contributed by atoms with Gasteiger partial charge >= 0.3 is 0 Å². The van der Waals surface area contributed by atoms with Crippen molar-refractivity contribution in [2.45, 2.75) is 32.2 Å². The predicted octanol–water partition coefficient (Wildman–Crippen LogP) is 2.27. The first-order valence-corrected chi connectivity index (χ1v) is 6.47. The number of nitrogens with one attached hydrogen (secondary N) is 1. The van der Waals surface area contributed by atoms with Crippen LogP contribution >= 0.6 is 0 Å². The van der Waals surface area contributed by atoms with E-state index in [0.717, 1.165) is 11.1 Å². The molecule has 1 aromatic heterocycles. The Labute approximate surface area is 114 Å². The maximum Gasteiger partial charge on any atom is 0.0740 e. The number of nitrogens with two attached hydrogens (primary N) is 1. The Bertz CT molecular complexity index is 534. The Hall–Kier alpha value is -1.65. The maximum absolute atomic E-state index is 5.68. The van der Waals surface area contributed by atoms with E-state index in [1.807, 2.05) is 19.4 Å². The average Bonchev–Trinajstić information content (AvgIpc) is 2.76. The molecule has 2 rings (SSSR count). The van der Waals surface area contributed by atoms with Crippen LogP contribution in [0, 0.1) is 0 Å². The summed E-state index contributed by atoms with van der Waals surface area (Å²) in [7, 11) is 1.90. The van der Waals surface area contributed by atoms with E-state index in [2.05, 4.69) is 55.6 Å².